The van der Waals surface area contributed by atoms with Crippen LogP contribution in [0.15, 0.2) is 17.8 Å². The molecular formula is C10H13N3OS. The number of hydrogen-bond acceptors (Lipinski definition) is 5. The molecule has 0 aliphatic heterocycles. The minimum Gasteiger partial charge on any atom is -0.383 e. The summed E-state index contributed by atoms with van der Waals surface area (Å²) in [5.74, 6) is 0.888. The third kappa shape index (κ3) is 2.24. The maximum Gasteiger partial charge on any atom is 0.147 e. The molecular weight excluding hydrogens is 210 g/mol. The lowest BCUT2D eigenvalue weighted by atomic mass is 10.3. The molecule has 0 saturated carbocycles. The van der Waals surface area contributed by atoms with Gasteiger partial charge in [0.05, 0.1) is 16.8 Å². The first-order valence-electron chi connectivity index (χ1n) is 4.75. The van der Waals surface area contributed by atoms with E-state index in [0.717, 1.165) is 16.0 Å². The fourth-order valence-corrected chi connectivity index (χ4v) is 2.21. The number of hydrogen-bond donors (Lipinski definition) is 1. The summed E-state index contributed by atoms with van der Waals surface area (Å²) in [7, 11) is 1.69. The Labute approximate surface area is 92.3 Å². The molecule has 4 nitrogen and oxygen atoms in total. The molecule has 1 atom stereocenters. The number of aromatic nitrogens is 2. The van der Waals surface area contributed by atoms with Crippen molar-refractivity contribution < 1.29 is 4.74 Å². The molecule has 5 heteroatoms. The zero-order valence-electron chi connectivity index (χ0n) is 8.73. The molecule has 2 heterocycles. The molecule has 0 aromatic carbocycles. The Morgan fingerprint density at radius 3 is 3.20 bits per heavy atom. The number of methoxy groups -OCH3 is 1. The van der Waals surface area contributed by atoms with Gasteiger partial charge in [-0.2, -0.15) is 0 Å². The smallest absolute Gasteiger partial charge is 0.147 e. The quantitative estimate of drug-likeness (QED) is 0.862. The van der Waals surface area contributed by atoms with Crippen molar-refractivity contribution in [1.29, 1.82) is 0 Å². The number of fused-ring (bicyclic) bond motifs is 1. The molecule has 0 aliphatic rings. The first-order valence-corrected chi connectivity index (χ1v) is 5.63. The Morgan fingerprint density at radius 2 is 2.40 bits per heavy atom. The third-order valence-electron chi connectivity index (χ3n) is 2.04. The highest BCUT2D eigenvalue weighted by Crippen LogP contribution is 2.25. The molecule has 0 amide bonds. The molecule has 0 saturated heterocycles. The fraction of sp³-hybridized carbons (Fsp3) is 0.400. The van der Waals surface area contributed by atoms with Gasteiger partial charge in [0.1, 0.15) is 12.1 Å². The fourth-order valence-electron chi connectivity index (χ4n) is 1.42. The van der Waals surface area contributed by atoms with Crippen LogP contribution in [0.2, 0.25) is 0 Å². The lowest BCUT2D eigenvalue weighted by Gasteiger charge is -2.13. The molecule has 0 bridgehead atoms. The van der Waals surface area contributed by atoms with Crippen molar-refractivity contribution in [2.75, 3.05) is 19.0 Å². The summed E-state index contributed by atoms with van der Waals surface area (Å²) in [6.07, 6.45) is 1.58. The number of anilines is 1. The Balaban J connectivity index is 2.23. The van der Waals surface area contributed by atoms with Crippen LogP contribution in [0.1, 0.15) is 6.92 Å². The van der Waals surface area contributed by atoms with E-state index in [-0.39, 0.29) is 6.04 Å². The maximum absolute atomic E-state index is 5.07. The van der Waals surface area contributed by atoms with Crippen LogP contribution in [0.25, 0.3) is 10.2 Å². The van der Waals surface area contributed by atoms with E-state index in [1.165, 1.54) is 0 Å². The van der Waals surface area contributed by atoms with Crippen LogP contribution in [-0.2, 0) is 4.74 Å². The second-order valence-corrected chi connectivity index (χ2v) is 4.27. The highest BCUT2D eigenvalue weighted by molar-refractivity contribution is 7.17. The molecule has 2 aromatic rings. The predicted octanol–water partition coefficient (Wildman–Crippen LogP) is 2.14. The minimum atomic E-state index is 0.246. The van der Waals surface area contributed by atoms with Crippen LogP contribution in [0.4, 0.5) is 5.82 Å². The Hall–Kier alpha value is -1.20. The van der Waals surface area contributed by atoms with E-state index in [2.05, 4.69) is 22.2 Å². The Bertz CT molecular complexity index is 443. The van der Waals surface area contributed by atoms with Gasteiger partial charge >= 0.3 is 0 Å². The number of rotatable bonds is 4. The normalized spacial score (nSPS) is 12.9. The summed E-state index contributed by atoms with van der Waals surface area (Å²) in [6.45, 7) is 2.72. The molecule has 0 aliphatic carbocycles. The minimum absolute atomic E-state index is 0.246. The standard InChI is InChI=1S/C10H13N3OS/c1-7(5-14-2)13-10-9-8(3-4-15-9)11-6-12-10/h3-4,6-7H,5H2,1-2H3,(H,11,12,13)/t7-/m0/s1. The van der Waals surface area contributed by atoms with E-state index < -0.39 is 0 Å². The van der Waals surface area contributed by atoms with E-state index in [9.17, 15) is 0 Å². The molecule has 15 heavy (non-hydrogen) atoms. The number of nitrogens with one attached hydrogen (secondary N) is 1. The largest absolute Gasteiger partial charge is 0.383 e. The Kier molecular flexibility index (Phi) is 3.13. The van der Waals surface area contributed by atoms with E-state index in [4.69, 9.17) is 4.74 Å². The van der Waals surface area contributed by atoms with Gasteiger partial charge < -0.3 is 10.1 Å². The molecule has 0 fully saturated rings. The number of ether oxygens (including phenoxy) is 1. The van der Waals surface area contributed by atoms with Gasteiger partial charge in [-0.15, -0.1) is 11.3 Å². The first kappa shape index (κ1) is 10.3. The van der Waals surface area contributed by atoms with Gasteiger partial charge in [0.2, 0.25) is 0 Å². The second kappa shape index (κ2) is 4.55. The molecule has 0 unspecified atom stereocenters. The third-order valence-corrected chi connectivity index (χ3v) is 2.95. The van der Waals surface area contributed by atoms with Crippen molar-refractivity contribution in [3.8, 4) is 0 Å². The number of nitrogens with zero attached hydrogens (tertiary/aromatic N) is 2. The summed E-state index contributed by atoms with van der Waals surface area (Å²) in [6, 6.07) is 2.24. The van der Waals surface area contributed by atoms with Gasteiger partial charge in [-0.1, -0.05) is 0 Å². The summed E-state index contributed by atoms with van der Waals surface area (Å²) in [5, 5.41) is 5.33. The first-order chi connectivity index (χ1) is 7.31. The van der Waals surface area contributed by atoms with E-state index >= 15 is 0 Å². The molecule has 2 rings (SSSR count). The van der Waals surface area contributed by atoms with Crippen LogP contribution in [0, 0.1) is 0 Å². The topological polar surface area (TPSA) is 47.0 Å². The van der Waals surface area contributed by atoms with Crippen LogP contribution < -0.4 is 5.32 Å². The zero-order valence-corrected chi connectivity index (χ0v) is 9.54. The van der Waals surface area contributed by atoms with Crippen molar-refractivity contribution in [1.82, 2.24) is 9.97 Å². The Morgan fingerprint density at radius 1 is 1.53 bits per heavy atom. The van der Waals surface area contributed by atoms with Crippen molar-refractivity contribution in [2.24, 2.45) is 0 Å². The predicted molar refractivity (Wildman–Crippen MR) is 62.4 cm³/mol. The van der Waals surface area contributed by atoms with Crippen LogP contribution in [0.5, 0.6) is 0 Å². The van der Waals surface area contributed by atoms with E-state index in [1.807, 2.05) is 11.4 Å². The lowest BCUT2D eigenvalue weighted by molar-refractivity contribution is 0.190. The van der Waals surface area contributed by atoms with Crippen LogP contribution in [0.3, 0.4) is 0 Å². The average Bonchev–Trinajstić information content (AvgIpc) is 2.67. The summed E-state index contributed by atoms with van der Waals surface area (Å²) in [4.78, 5) is 8.42. The molecule has 0 radical (unpaired) electrons. The van der Waals surface area contributed by atoms with Crippen molar-refractivity contribution in [2.45, 2.75) is 13.0 Å². The van der Waals surface area contributed by atoms with Crippen molar-refractivity contribution >= 4 is 27.4 Å². The van der Waals surface area contributed by atoms with Gasteiger partial charge in [-0.05, 0) is 18.4 Å². The second-order valence-electron chi connectivity index (χ2n) is 3.36. The molecule has 0 spiro atoms. The monoisotopic (exact) mass is 223 g/mol. The zero-order chi connectivity index (χ0) is 10.7. The summed E-state index contributed by atoms with van der Waals surface area (Å²) in [5.41, 5.74) is 0.988. The van der Waals surface area contributed by atoms with Gasteiger partial charge in [0, 0.05) is 13.2 Å². The summed E-state index contributed by atoms with van der Waals surface area (Å²) < 4.78 is 6.16. The average molecular weight is 223 g/mol. The van der Waals surface area contributed by atoms with Crippen molar-refractivity contribution in [3.05, 3.63) is 17.8 Å². The van der Waals surface area contributed by atoms with Gasteiger partial charge in [0.25, 0.3) is 0 Å². The van der Waals surface area contributed by atoms with Gasteiger partial charge in [0.15, 0.2) is 0 Å². The van der Waals surface area contributed by atoms with E-state index in [0.29, 0.717) is 6.61 Å². The van der Waals surface area contributed by atoms with Crippen LogP contribution >= 0.6 is 11.3 Å². The van der Waals surface area contributed by atoms with Gasteiger partial charge in [-0.25, -0.2) is 9.97 Å². The molecule has 80 valence electrons. The van der Waals surface area contributed by atoms with Crippen molar-refractivity contribution in [3.63, 3.8) is 0 Å². The van der Waals surface area contributed by atoms with E-state index in [1.54, 1.807) is 24.8 Å². The SMILES string of the molecule is COC[C@H](C)Nc1ncnc2ccsc12. The van der Waals surface area contributed by atoms with Crippen LogP contribution in [-0.4, -0.2) is 29.7 Å². The lowest BCUT2D eigenvalue weighted by Crippen LogP contribution is -2.21. The maximum atomic E-state index is 5.07. The number of thiophene rings is 1. The highest BCUT2D eigenvalue weighted by Gasteiger charge is 2.07. The molecule has 2 aromatic heterocycles. The van der Waals surface area contributed by atoms with Gasteiger partial charge in [-0.3, -0.25) is 0 Å². The summed E-state index contributed by atoms with van der Waals surface area (Å²) >= 11 is 1.65. The highest BCUT2D eigenvalue weighted by atomic mass is 32.1. The molecule has 1 N–H and O–H groups in total.